The van der Waals surface area contributed by atoms with Gasteiger partial charge in [0.05, 0.1) is 5.56 Å². The van der Waals surface area contributed by atoms with E-state index in [2.05, 4.69) is 21.0 Å². The van der Waals surface area contributed by atoms with Gasteiger partial charge in [0.15, 0.2) is 0 Å². The van der Waals surface area contributed by atoms with Crippen LogP contribution in [0.25, 0.3) is 0 Å². The number of aryl methyl sites for hydroxylation is 2. The van der Waals surface area contributed by atoms with Crippen LogP contribution < -0.4 is 0 Å². The van der Waals surface area contributed by atoms with Gasteiger partial charge in [0, 0.05) is 11.9 Å². The van der Waals surface area contributed by atoms with Gasteiger partial charge in [-0.25, -0.2) is 15.0 Å². The molecule has 0 saturated heterocycles. The molecule has 17 heavy (non-hydrogen) atoms. The summed E-state index contributed by atoms with van der Waals surface area (Å²) < 4.78 is 0. The van der Waals surface area contributed by atoms with Crippen LogP contribution in [0.4, 0.5) is 0 Å². The van der Waals surface area contributed by atoms with Crippen LogP contribution in [0, 0.1) is 25.2 Å². The Bertz CT molecular complexity index is 575. The topological polar surface area (TPSA) is 62.5 Å². The van der Waals surface area contributed by atoms with E-state index >= 15 is 0 Å². The lowest BCUT2D eigenvalue weighted by Crippen LogP contribution is -1.94. The highest BCUT2D eigenvalue weighted by Gasteiger charge is 2.10. The molecule has 0 bridgehead atoms. The van der Waals surface area contributed by atoms with Crippen molar-refractivity contribution in [2.45, 2.75) is 23.9 Å². The van der Waals surface area contributed by atoms with Gasteiger partial charge < -0.3 is 0 Å². The second-order valence-corrected chi connectivity index (χ2v) is 4.53. The van der Waals surface area contributed by atoms with E-state index in [4.69, 9.17) is 5.26 Å². The van der Waals surface area contributed by atoms with E-state index in [1.54, 1.807) is 12.3 Å². The zero-order chi connectivity index (χ0) is 12.3. The maximum Gasteiger partial charge on any atom is 0.121 e. The average molecular weight is 242 g/mol. The first-order valence-electron chi connectivity index (χ1n) is 5.03. The summed E-state index contributed by atoms with van der Waals surface area (Å²) >= 11 is 1.38. The van der Waals surface area contributed by atoms with Gasteiger partial charge in [0.1, 0.15) is 22.4 Å². The molecule has 0 atom stereocenters. The number of hydrogen-bond donors (Lipinski definition) is 0. The lowest BCUT2D eigenvalue weighted by molar-refractivity contribution is 1.01. The van der Waals surface area contributed by atoms with Crippen LogP contribution in [0.2, 0.25) is 0 Å². The van der Waals surface area contributed by atoms with Crippen molar-refractivity contribution in [3.05, 3.63) is 41.5 Å². The first-order valence-corrected chi connectivity index (χ1v) is 5.84. The molecule has 4 nitrogen and oxygen atoms in total. The number of rotatable bonds is 2. The summed E-state index contributed by atoms with van der Waals surface area (Å²) in [6.45, 7) is 3.83. The normalized spacial score (nSPS) is 9.94. The van der Waals surface area contributed by atoms with Gasteiger partial charge in [0.25, 0.3) is 0 Å². The molecule has 0 fully saturated rings. The Balaban J connectivity index is 2.43. The fraction of sp³-hybridized carbons (Fsp3) is 0.167. The molecular weight excluding hydrogens is 232 g/mol. The monoisotopic (exact) mass is 242 g/mol. The SMILES string of the molecule is Cc1cc(C)c(C#N)c(Sc2ccncn2)n1. The molecule has 0 amide bonds. The van der Waals surface area contributed by atoms with E-state index in [1.807, 2.05) is 19.9 Å². The molecule has 2 aromatic rings. The molecule has 0 unspecified atom stereocenters. The van der Waals surface area contributed by atoms with E-state index in [9.17, 15) is 0 Å². The summed E-state index contributed by atoms with van der Waals surface area (Å²) in [5, 5.41) is 10.6. The standard InChI is InChI=1S/C12H10N4S/c1-8-5-9(2)16-12(10(8)6-13)17-11-3-4-14-7-15-11/h3-5,7H,1-2H3. The van der Waals surface area contributed by atoms with E-state index in [0.29, 0.717) is 10.6 Å². The largest absolute Gasteiger partial charge is 0.245 e. The van der Waals surface area contributed by atoms with Crippen LogP contribution in [0.15, 0.2) is 34.7 Å². The number of nitrogens with zero attached hydrogens (tertiary/aromatic N) is 4. The molecule has 5 heteroatoms. The fourth-order valence-electron chi connectivity index (χ4n) is 1.45. The zero-order valence-electron chi connectivity index (χ0n) is 9.51. The Morgan fingerprint density at radius 2 is 2.18 bits per heavy atom. The molecule has 2 heterocycles. The number of aromatic nitrogens is 3. The quantitative estimate of drug-likeness (QED) is 0.757. The smallest absolute Gasteiger partial charge is 0.121 e. The van der Waals surface area contributed by atoms with E-state index in [-0.39, 0.29) is 0 Å². The summed E-state index contributed by atoms with van der Waals surface area (Å²) in [4.78, 5) is 12.3. The van der Waals surface area contributed by atoms with Gasteiger partial charge in [-0.1, -0.05) is 0 Å². The van der Waals surface area contributed by atoms with Crippen LogP contribution >= 0.6 is 11.8 Å². The maximum absolute atomic E-state index is 9.13. The third-order valence-electron chi connectivity index (χ3n) is 2.18. The molecule has 84 valence electrons. The molecule has 2 rings (SSSR count). The molecule has 0 saturated carbocycles. The highest BCUT2D eigenvalue weighted by Crippen LogP contribution is 2.28. The molecule has 0 aliphatic carbocycles. The van der Waals surface area contributed by atoms with Crippen LogP contribution in [0.5, 0.6) is 0 Å². The van der Waals surface area contributed by atoms with Crippen molar-refractivity contribution < 1.29 is 0 Å². The molecule has 0 radical (unpaired) electrons. The Hall–Kier alpha value is -1.93. The van der Waals surface area contributed by atoms with Crippen molar-refractivity contribution in [1.29, 1.82) is 5.26 Å². The minimum atomic E-state index is 0.610. The van der Waals surface area contributed by atoms with Crippen molar-refractivity contribution in [2.24, 2.45) is 0 Å². The molecule has 0 N–H and O–H groups in total. The predicted octanol–water partition coefficient (Wildman–Crippen LogP) is 2.51. The van der Waals surface area contributed by atoms with Crippen molar-refractivity contribution in [2.75, 3.05) is 0 Å². The maximum atomic E-state index is 9.13. The average Bonchev–Trinajstić information content (AvgIpc) is 2.30. The molecule has 2 aromatic heterocycles. The third-order valence-corrected chi connectivity index (χ3v) is 3.12. The summed E-state index contributed by atoms with van der Waals surface area (Å²) in [5.41, 5.74) is 2.45. The van der Waals surface area contributed by atoms with E-state index < -0.39 is 0 Å². The van der Waals surface area contributed by atoms with Crippen molar-refractivity contribution in [3.8, 4) is 6.07 Å². The van der Waals surface area contributed by atoms with Gasteiger partial charge in [-0.15, -0.1) is 0 Å². The summed E-state index contributed by atoms with van der Waals surface area (Å²) in [5.74, 6) is 0. The molecule has 0 aromatic carbocycles. The van der Waals surface area contributed by atoms with Crippen LogP contribution in [0.3, 0.4) is 0 Å². The number of nitriles is 1. The van der Waals surface area contributed by atoms with Crippen LogP contribution in [-0.2, 0) is 0 Å². The Kier molecular flexibility index (Phi) is 3.35. The van der Waals surface area contributed by atoms with Gasteiger partial charge in [-0.2, -0.15) is 5.26 Å². The Morgan fingerprint density at radius 3 is 2.82 bits per heavy atom. The van der Waals surface area contributed by atoms with Gasteiger partial charge >= 0.3 is 0 Å². The van der Waals surface area contributed by atoms with Crippen LogP contribution in [-0.4, -0.2) is 15.0 Å². The van der Waals surface area contributed by atoms with Crippen molar-refractivity contribution in [3.63, 3.8) is 0 Å². The molecule has 0 aliphatic heterocycles. The summed E-state index contributed by atoms with van der Waals surface area (Å²) in [7, 11) is 0. The molecule has 0 spiro atoms. The minimum absolute atomic E-state index is 0.610. The lowest BCUT2D eigenvalue weighted by atomic mass is 10.1. The zero-order valence-corrected chi connectivity index (χ0v) is 10.3. The molecular formula is C12H10N4S. The predicted molar refractivity (Wildman–Crippen MR) is 64.6 cm³/mol. The van der Waals surface area contributed by atoms with Crippen molar-refractivity contribution >= 4 is 11.8 Å². The highest BCUT2D eigenvalue weighted by molar-refractivity contribution is 7.99. The van der Waals surface area contributed by atoms with Crippen molar-refractivity contribution in [1.82, 2.24) is 15.0 Å². The summed E-state index contributed by atoms with van der Waals surface area (Å²) in [6.07, 6.45) is 3.15. The Labute approximate surface area is 104 Å². The van der Waals surface area contributed by atoms with Gasteiger partial charge in [0.2, 0.25) is 0 Å². The highest BCUT2D eigenvalue weighted by atomic mass is 32.2. The van der Waals surface area contributed by atoms with Gasteiger partial charge in [-0.05, 0) is 43.3 Å². The second kappa shape index (κ2) is 4.93. The molecule has 0 aliphatic rings. The van der Waals surface area contributed by atoms with Crippen LogP contribution in [0.1, 0.15) is 16.8 Å². The summed E-state index contributed by atoms with van der Waals surface area (Å²) in [6, 6.07) is 5.89. The first kappa shape index (κ1) is 11.6. The first-order chi connectivity index (χ1) is 8.20. The lowest BCUT2D eigenvalue weighted by Gasteiger charge is -2.06. The third kappa shape index (κ3) is 2.60. The fourth-order valence-corrected chi connectivity index (χ4v) is 2.38. The van der Waals surface area contributed by atoms with Gasteiger partial charge in [-0.3, -0.25) is 0 Å². The number of hydrogen-bond acceptors (Lipinski definition) is 5. The minimum Gasteiger partial charge on any atom is -0.245 e. The second-order valence-electron chi connectivity index (χ2n) is 3.52. The number of pyridine rings is 1. The Morgan fingerprint density at radius 1 is 1.35 bits per heavy atom. The van der Waals surface area contributed by atoms with E-state index in [1.165, 1.54) is 18.1 Å². The van der Waals surface area contributed by atoms with E-state index in [0.717, 1.165) is 16.3 Å².